The Kier molecular flexibility index (Phi) is 8.01. The summed E-state index contributed by atoms with van der Waals surface area (Å²) in [7, 11) is 0. The lowest BCUT2D eigenvalue weighted by Gasteiger charge is -2.22. The Morgan fingerprint density at radius 3 is 2.27 bits per heavy atom. The zero-order valence-corrected chi connectivity index (χ0v) is 20.8. The van der Waals surface area contributed by atoms with Crippen molar-refractivity contribution in [1.82, 2.24) is 0 Å². The molecule has 0 saturated carbocycles. The number of hydrogen-bond acceptors (Lipinski definition) is 4. The van der Waals surface area contributed by atoms with Crippen molar-refractivity contribution >= 4 is 17.0 Å². The molecule has 0 fully saturated rings. The van der Waals surface area contributed by atoms with Crippen molar-refractivity contribution in [2.45, 2.75) is 45.8 Å². The van der Waals surface area contributed by atoms with E-state index in [0.29, 0.717) is 11.3 Å². The molecular formula is C30H27F3O4. The molecule has 2 unspecified atom stereocenters. The van der Waals surface area contributed by atoms with Gasteiger partial charge in [0.1, 0.15) is 46.4 Å². The van der Waals surface area contributed by atoms with Crippen LogP contribution >= 0.6 is 0 Å². The highest BCUT2D eigenvalue weighted by atomic mass is 19.1. The third kappa shape index (κ3) is 6.82. The molecule has 37 heavy (non-hydrogen) atoms. The largest absolute Gasteiger partial charge is 0.490 e. The van der Waals surface area contributed by atoms with Gasteiger partial charge in [0.2, 0.25) is 0 Å². The maximum absolute atomic E-state index is 12.7. The zero-order chi connectivity index (χ0) is 26.5. The van der Waals surface area contributed by atoms with Crippen LogP contribution in [0, 0.1) is 24.4 Å². The normalized spacial score (nSPS) is 17.1. The summed E-state index contributed by atoms with van der Waals surface area (Å²) in [6.07, 6.45) is 6.05. The highest BCUT2D eigenvalue weighted by molar-refractivity contribution is 5.76. The Balaban J connectivity index is 0.000000130. The molecule has 0 aliphatic carbocycles. The van der Waals surface area contributed by atoms with Gasteiger partial charge in [-0.25, -0.2) is 13.2 Å². The van der Waals surface area contributed by atoms with Crippen molar-refractivity contribution in [3.8, 4) is 11.5 Å². The molecule has 0 bridgehead atoms. The van der Waals surface area contributed by atoms with Crippen LogP contribution in [0.3, 0.4) is 0 Å². The summed E-state index contributed by atoms with van der Waals surface area (Å²) in [4.78, 5) is 11.3. The molecule has 3 heterocycles. The Bertz CT molecular complexity index is 1490. The first-order chi connectivity index (χ1) is 17.7. The van der Waals surface area contributed by atoms with Gasteiger partial charge in [-0.1, -0.05) is 6.08 Å². The fourth-order valence-corrected chi connectivity index (χ4v) is 3.98. The van der Waals surface area contributed by atoms with Gasteiger partial charge in [0, 0.05) is 11.6 Å². The number of benzene rings is 3. The van der Waals surface area contributed by atoms with Crippen LogP contribution in [-0.2, 0) is 6.42 Å². The van der Waals surface area contributed by atoms with E-state index in [1.165, 1.54) is 42.5 Å². The summed E-state index contributed by atoms with van der Waals surface area (Å²) in [5, 5.41) is 0.283. The van der Waals surface area contributed by atoms with E-state index in [2.05, 4.69) is 0 Å². The van der Waals surface area contributed by atoms with Crippen molar-refractivity contribution in [1.29, 1.82) is 0 Å². The lowest BCUT2D eigenvalue weighted by Crippen LogP contribution is -2.18. The minimum absolute atomic E-state index is 0.0861. The minimum Gasteiger partial charge on any atom is -0.490 e. The standard InChI is InChI=1S/C10H7FO2.C10H11FO.C10H9FO/c1-6-4-9(12)8-5-7(11)2-3-10(8)13-6;2*1-7-2-3-8-6-9(11)4-5-10(8)12-7/h2-5H,1H3;4-7H,2-3H2,1H3;2-7H,1H3. The third-order valence-corrected chi connectivity index (χ3v) is 5.81. The van der Waals surface area contributed by atoms with Crippen LogP contribution in [0.1, 0.15) is 37.2 Å². The van der Waals surface area contributed by atoms with Crippen molar-refractivity contribution in [3.63, 3.8) is 0 Å². The highest BCUT2D eigenvalue weighted by Gasteiger charge is 2.15. The van der Waals surface area contributed by atoms with Gasteiger partial charge in [0.15, 0.2) is 5.43 Å². The molecule has 0 spiro atoms. The monoisotopic (exact) mass is 508 g/mol. The SMILES string of the molecule is CC1C=Cc2cc(F)ccc2O1.CC1CCc2cc(F)ccc2O1.Cc1cc(=O)c2cc(F)ccc2o1. The van der Waals surface area contributed by atoms with Crippen LogP contribution < -0.4 is 14.9 Å². The number of rotatable bonds is 0. The summed E-state index contributed by atoms with van der Waals surface area (Å²) in [5.74, 6) is 1.30. The predicted octanol–water partition coefficient (Wildman–Crippen LogP) is 7.40. The third-order valence-electron chi connectivity index (χ3n) is 5.81. The maximum atomic E-state index is 12.7. The minimum atomic E-state index is -0.427. The molecule has 7 heteroatoms. The van der Waals surface area contributed by atoms with Crippen molar-refractivity contribution in [2.24, 2.45) is 0 Å². The Morgan fingerprint density at radius 2 is 1.49 bits per heavy atom. The van der Waals surface area contributed by atoms with Gasteiger partial charge in [-0.2, -0.15) is 0 Å². The summed E-state index contributed by atoms with van der Waals surface area (Å²) >= 11 is 0. The van der Waals surface area contributed by atoms with Gasteiger partial charge < -0.3 is 13.9 Å². The van der Waals surface area contributed by atoms with Crippen LogP contribution in [0.4, 0.5) is 13.2 Å². The Morgan fingerprint density at radius 1 is 0.811 bits per heavy atom. The summed E-state index contributed by atoms with van der Waals surface area (Å²) < 4.78 is 54.4. The summed E-state index contributed by atoms with van der Waals surface area (Å²) in [6, 6.07) is 14.5. The molecule has 2 atom stereocenters. The first kappa shape index (κ1) is 26.1. The molecule has 1 aromatic heterocycles. The van der Waals surface area contributed by atoms with Crippen LogP contribution in [-0.4, -0.2) is 12.2 Å². The Hall–Kier alpha value is -4.00. The predicted molar refractivity (Wildman–Crippen MR) is 138 cm³/mol. The van der Waals surface area contributed by atoms with Gasteiger partial charge in [0.05, 0.1) is 11.5 Å². The molecule has 0 radical (unpaired) electrons. The molecule has 4 aromatic rings. The van der Waals surface area contributed by atoms with Crippen LogP contribution in [0.2, 0.25) is 0 Å². The molecule has 4 nitrogen and oxygen atoms in total. The second kappa shape index (κ2) is 11.4. The van der Waals surface area contributed by atoms with Gasteiger partial charge in [-0.15, -0.1) is 0 Å². The van der Waals surface area contributed by atoms with E-state index in [-0.39, 0.29) is 34.7 Å². The number of halogens is 3. The average molecular weight is 509 g/mol. The fraction of sp³-hybridized carbons (Fsp3) is 0.233. The zero-order valence-electron chi connectivity index (χ0n) is 20.8. The molecule has 192 valence electrons. The molecule has 2 aliphatic rings. The topological polar surface area (TPSA) is 48.7 Å². The van der Waals surface area contributed by atoms with Gasteiger partial charge in [-0.05, 0) is 99.8 Å². The summed E-state index contributed by atoms with van der Waals surface area (Å²) in [5.41, 5.74) is 2.02. The van der Waals surface area contributed by atoms with E-state index in [0.717, 1.165) is 35.5 Å². The second-order valence-corrected chi connectivity index (χ2v) is 8.95. The molecular weight excluding hydrogens is 481 g/mol. The van der Waals surface area contributed by atoms with Gasteiger partial charge >= 0.3 is 0 Å². The fourth-order valence-electron chi connectivity index (χ4n) is 3.98. The van der Waals surface area contributed by atoms with Crippen molar-refractivity contribution < 1.29 is 27.1 Å². The smallest absolute Gasteiger partial charge is 0.193 e. The van der Waals surface area contributed by atoms with E-state index in [1.807, 2.05) is 26.0 Å². The molecule has 0 N–H and O–H groups in total. The van der Waals surface area contributed by atoms with Gasteiger partial charge in [-0.3, -0.25) is 4.79 Å². The number of ether oxygens (including phenoxy) is 2. The lowest BCUT2D eigenvalue weighted by atomic mass is 10.0. The Labute approximate surface area is 213 Å². The van der Waals surface area contributed by atoms with Crippen LogP contribution in [0.5, 0.6) is 11.5 Å². The second-order valence-electron chi connectivity index (χ2n) is 8.95. The number of fused-ring (bicyclic) bond motifs is 3. The van der Waals surface area contributed by atoms with E-state index in [1.54, 1.807) is 25.1 Å². The van der Waals surface area contributed by atoms with Crippen LogP contribution in [0.15, 0.2) is 76.0 Å². The van der Waals surface area contributed by atoms with E-state index >= 15 is 0 Å². The summed E-state index contributed by atoms with van der Waals surface area (Å²) in [6.45, 7) is 5.67. The highest BCUT2D eigenvalue weighted by Crippen LogP contribution is 2.28. The van der Waals surface area contributed by atoms with Gasteiger partial charge in [0.25, 0.3) is 0 Å². The molecule has 2 aliphatic heterocycles. The first-order valence-corrected chi connectivity index (χ1v) is 12.0. The molecule has 3 aromatic carbocycles. The molecule has 0 amide bonds. The molecule has 0 saturated heterocycles. The maximum Gasteiger partial charge on any atom is 0.193 e. The molecule has 6 rings (SSSR count). The lowest BCUT2D eigenvalue weighted by molar-refractivity contribution is 0.192. The number of hydrogen-bond donors (Lipinski definition) is 0. The van der Waals surface area contributed by atoms with Crippen LogP contribution in [0.25, 0.3) is 17.0 Å². The van der Waals surface area contributed by atoms with E-state index < -0.39 is 5.82 Å². The average Bonchev–Trinajstić information content (AvgIpc) is 2.86. The quantitative estimate of drug-likeness (QED) is 0.248. The first-order valence-electron chi connectivity index (χ1n) is 12.0. The van der Waals surface area contributed by atoms with E-state index in [9.17, 15) is 18.0 Å². The van der Waals surface area contributed by atoms with E-state index in [4.69, 9.17) is 13.9 Å². The number of aryl methyl sites for hydroxylation is 2. The van der Waals surface area contributed by atoms with Crippen molar-refractivity contribution in [2.75, 3.05) is 0 Å². The van der Waals surface area contributed by atoms with Crippen molar-refractivity contribution in [3.05, 3.63) is 111 Å².